The van der Waals surface area contributed by atoms with Gasteiger partial charge in [0.25, 0.3) is 5.91 Å². The molecule has 0 aliphatic heterocycles. The van der Waals surface area contributed by atoms with Crippen LogP contribution in [0.4, 0.5) is 5.69 Å². The van der Waals surface area contributed by atoms with Crippen molar-refractivity contribution in [3.63, 3.8) is 0 Å². The highest BCUT2D eigenvalue weighted by Gasteiger charge is 2.21. The van der Waals surface area contributed by atoms with Crippen molar-refractivity contribution in [1.82, 2.24) is 4.31 Å². The van der Waals surface area contributed by atoms with Gasteiger partial charge in [-0.15, -0.1) is 0 Å². The summed E-state index contributed by atoms with van der Waals surface area (Å²) in [4.78, 5) is 12.4. The Labute approximate surface area is 183 Å². The van der Waals surface area contributed by atoms with Crippen LogP contribution in [-0.2, 0) is 14.8 Å². The lowest BCUT2D eigenvalue weighted by molar-refractivity contribution is -0.118. The van der Waals surface area contributed by atoms with E-state index in [1.54, 1.807) is 26.0 Å². The number of amides is 1. The van der Waals surface area contributed by atoms with E-state index in [1.165, 1.54) is 16.4 Å². The SMILES string of the molecule is CCN(CC)S(=O)(=O)c1cccc(NC(=O)COc2ccc(-c3ccccc3)cc2)c1. The molecule has 0 saturated heterocycles. The van der Waals surface area contributed by atoms with Gasteiger partial charge in [0.05, 0.1) is 4.90 Å². The van der Waals surface area contributed by atoms with Crippen molar-refractivity contribution in [2.75, 3.05) is 25.0 Å². The smallest absolute Gasteiger partial charge is 0.262 e. The van der Waals surface area contributed by atoms with E-state index in [1.807, 2.05) is 54.6 Å². The summed E-state index contributed by atoms with van der Waals surface area (Å²) in [5.74, 6) is 0.206. The van der Waals surface area contributed by atoms with Crippen LogP contribution < -0.4 is 10.1 Å². The molecule has 0 spiro atoms. The van der Waals surface area contributed by atoms with E-state index < -0.39 is 10.0 Å². The maximum absolute atomic E-state index is 12.7. The zero-order valence-electron chi connectivity index (χ0n) is 17.6. The number of benzene rings is 3. The van der Waals surface area contributed by atoms with Crippen molar-refractivity contribution >= 4 is 21.6 Å². The molecule has 0 aliphatic rings. The molecular formula is C24H26N2O4S. The highest BCUT2D eigenvalue weighted by molar-refractivity contribution is 7.89. The molecule has 31 heavy (non-hydrogen) atoms. The standard InChI is InChI=1S/C24H26N2O4S/c1-3-26(4-2)31(28,29)23-12-8-11-21(17-23)25-24(27)18-30-22-15-13-20(14-16-22)19-9-6-5-7-10-19/h5-17H,3-4,18H2,1-2H3,(H,25,27). The van der Waals surface area contributed by atoms with E-state index in [2.05, 4.69) is 5.32 Å². The van der Waals surface area contributed by atoms with Gasteiger partial charge in [0, 0.05) is 18.8 Å². The number of nitrogens with one attached hydrogen (secondary N) is 1. The van der Waals surface area contributed by atoms with E-state index in [-0.39, 0.29) is 17.4 Å². The van der Waals surface area contributed by atoms with Crippen LogP contribution in [0.15, 0.2) is 83.8 Å². The average molecular weight is 439 g/mol. The van der Waals surface area contributed by atoms with Crippen LogP contribution in [0.1, 0.15) is 13.8 Å². The number of nitrogens with zero attached hydrogens (tertiary/aromatic N) is 1. The van der Waals surface area contributed by atoms with Crippen LogP contribution in [0.25, 0.3) is 11.1 Å². The fourth-order valence-electron chi connectivity index (χ4n) is 3.17. The number of carbonyl (C=O) groups excluding carboxylic acids is 1. The van der Waals surface area contributed by atoms with Gasteiger partial charge < -0.3 is 10.1 Å². The third kappa shape index (κ3) is 5.71. The first-order chi connectivity index (χ1) is 14.9. The van der Waals surface area contributed by atoms with Crippen LogP contribution in [0.2, 0.25) is 0 Å². The Kier molecular flexibility index (Phi) is 7.44. The molecule has 1 N–H and O–H groups in total. The molecule has 0 atom stereocenters. The number of hydrogen-bond acceptors (Lipinski definition) is 4. The van der Waals surface area contributed by atoms with Gasteiger partial charge in [-0.2, -0.15) is 4.31 Å². The molecule has 0 radical (unpaired) electrons. The summed E-state index contributed by atoms with van der Waals surface area (Å²) < 4.78 is 32.3. The van der Waals surface area contributed by atoms with Crippen molar-refractivity contribution < 1.29 is 17.9 Å². The minimum atomic E-state index is -3.59. The Bertz CT molecular complexity index is 1110. The lowest BCUT2D eigenvalue weighted by Crippen LogP contribution is -2.30. The van der Waals surface area contributed by atoms with Crippen LogP contribution in [-0.4, -0.2) is 38.3 Å². The summed E-state index contributed by atoms with van der Waals surface area (Å²) in [6.07, 6.45) is 0. The third-order valence-electron chi connectivity index (χ3n) is 4.79. The second-order valence-electron chi connectivity index (χ2n) is 6.84. The molecule has 0 aromatic heterocycles. The van der Waals surface area contributed by atoms with Crippen molar-refractivity contribution in [3.8, 4) is 16.9 Å². The van der Waals surface area contributed by atoms with Gasteiger partial charge in [-0.3, -0.25) is 4.79 Å². The molecule has 0 heterocycles. The maximum Gasteiger partial charge on any atom is 0.262 e. The van der Waals surface area contributed by atoms with Gasteiger partial charge in [-0.05, 0) is 41.5 Å². The minimum absolute atomic E-state index is 0.145. The quantitative estimate of drug-likeness (QED) is 0.537. The van der Waals surface area contributed by atoms with Crippen molar-refractivity contribution in [1.29, 1.82) is 0 Å². The number of ether oxygens (including phenoxy) is 1. The first-order valence-corrected chi connectivity index (χ1v) is 11.6. The minimum Gasteiger partial charge on any atom is -0.484 e. The summed E-state index contributed by atoms with van der Waals surface area (Å²) in [6, 6.07) is 23.7. The first kappa shape index (κ1) is 22.5. The third-order valence-corrected chi connectivity index (χ3v) is 6.84. The van der Waals surface area contributed by atoms with Crippen LogP contribution >= 0.6 is 0 Å². The lowest BCUT2D eigenvalue weighted by Gasteiger charge is -2.18. The summed E-state index contributed by atoms with van der Waals surface area (Å²) in [5, 5.41) is 2.69. The molecule has 0 fully saturated rings. The number of anilines is 1. The number of hydrogen-bond donors (Lipinski definition) is 1. The fraction of sp³-hybridized carbons (Fsp3) is 0.208. The Morgan fingerprint density at radius 2 is 1.52 bits per heavy atom. The molecule has 7 heteroatoms. The Hall–Kier alpha value is -3.16. The lowest BCUT2D eigenvalue weighted by atomic mass is 10.1. The second-order valence-corrected chi connectivity index (χ2v) is 8.78. The van der Waals surface area contributed by atoms with Gasteiger partial charge in [0.1, 0.15) is 5.75 Å². The number of sulfonamides is 1. The fourth-order valence-corrected chi connectivity index (χ4v) is 4.67. The highest BCUT2D eigenvalue weighted by Crippen LogP contribution is 2.22. The molecule has 0 aliphatic carbocycles. The van der Waals surface area contributed by atoms with E-state index in [4.69, 9.17) is 4.74 Å². The van der Waals surface area contributed by atoms with E-state index in [9.17, 15) is 13.2 Å². The molecule has 0 bridgehead atoms. The van der Waals surface area contributed by atoms with Crippen molar-refractivity contribution in [3.05, 3.63) is 78.9 Å². The average Bonchev–Trinajstić information content (AvgIpc) is 2.79. The van der Waals surface area contributed by atoms with Gasteiger partial charge in [-0.1, -0.05) is 62.4 Å². The molecule has 162 valence electrons. The summed E-state index contributed by atoms with van der Waals surface area (Å²) >= 11 is 0. The molecule has 3 aromatic rings. The van der Waals surface area contributed by atoms with Gasteiger partial charge in [0.15, 0.2) is 6.61 Å². The Morgan fingerprint density at radius 3 is 2.16 bits per heavy atom. The number of rotatable bonds is 9. The van der Waals surface area contributed by atoms with Gasteiger partial charge >= 0.3 is 0 Å². The normalized spacial score (nSPS) is 11.3. The zero-order valence-corrected chi connectivity index (χ0v) is 18.4. The molecule has 0 saturated carbocycles. The Balaban J connectivity index is 1.60. The highest BCUT2D eigenvalue weighted by atomic mass is 32.2. The monoisotopic (exact) mass is 438 g/mol. The predicted molar refractivity (Wildman–Crippen MR) is 123 cm³/mol. The molecule has 1 amide bonds. The van der Waals surface area contributed by atoms with Crippen LogP contribution in [0.3, 0.4) is 0 Å². The maximum atomic E-state index is 12.7. The first-order valence-electron chi connectivity index (χ1n) is 10.1. The zero-order chi connectivity index (χ0) is 22.3. The summed E-state index contributed by atoms with van der Waals surface area (Å²) in [5.41, 5.74) is 2.57. The second kappa shape index (κ2) is 10.2. The summed E-state index contributed by atoms with van der Waals surface area (Å²) in [7, 11) is -3.59. The van der Waals surface area contributed by atoms with Crippen molar-refractivity contribution in [2.24, 2.45) is 0 Å². The predicted octanol–water partition coefficient (Wildman–Crippen LogP) is 4.40. The van der Waals surface area contributed by atoms with Crippen LogP contribution in [0.5, 0.6) is 5.75 Å². The van der Waals surface area contributed by atoms with Gasteiger partial charge in [0.2, 0.25) is 10.0 Å². The van der Waals surface area contributed by atoms with E-state index in [0.717, 1.165) is 11.1 Å². The summed E-state index contributed by atoms with van der Waals surface area (Å²) in [6.45, 7) is 4.16. The molecule has 3 aromatic carbocycles. The van der Waals surface area contributed by atoms with Gasteiger partial charge in [-0.25, -0.2) is 8.42 Å². The topological polar surface area (TPSA) is 75.7 Å². The molecule has 6 nitrogen and oxygen atoms in total. The molecular weight excluding hydrogens is 412 g/mol. The van der Waals surface area contributed by atoms with Crippen molar-refractivity contribution in [2.45, 2.75) is 18.7 Å². The largest absolute Gasteiger partial charge is 0.484 e. The van der Waals surface area contributed by atoms with Crippen LogP contribution in [0, 0.1) is 0 Å². The molecule has 3 rings (SSSR count). The van der Waals surface area contributed by atoms with E-state index in [0.29, 0.717) is 24.5 Å². The Morgan fingerprint density at radius 1 is 0.871 bits per heavy atom. The molecule has 0 unspecified atom stereocenters. The number of carbonyl (C=O) groups is 1. The van der Waals surface area contributed by atoms with E-state index >= 15 is 0 Å².